The first kappa shape index (κ1) is 16.0. The van der Waals surface area contributed by atoms with Crippen LogP contribution in [-0.4, -0.2) is 29.8 Å². The molecule has 1 aliphatic rings. The number of aliphatic hydroxyl groups excluding tert-OH is 1. The van der Waals surface area contributed by atoms with Gasteiger partial charge in [0.1, 0.15) is 6.61 Å². The van der Waals surface area contributed by atoms with Crippen molar-refractivity contribution in [3.05, 3.63) is 35.4 Å². The van der Waals surface area contributed by atoms with Gasteiger partial charge in [-0.3, -0.25) is 0 Å². The van der Waals surface area contributed by atoms with Crippen LogP contribution in [0, 0.1) is 11.3 Å². The molecule has 1 aliphatic heterocycles. The van der Waals surface area contributed by atoms with E-state index in [9.17, 15) is 5.11 Å². The fourth-order valence-electron chi connectivity index (χ4n) is 2.30. The van der Waals surface area contributed by atoms with Gasteiger partial charge in [-0.05, 0) is 29.4 Å². The fraction of sp³-hybridized carbons (Fsp3) is 0.611. The Hall–Kier alpha value is -1.35. The van der Waals surface area contributed by atoms with Crippen LogP contribution in [0.3, 0.4) is 0 Å². The molecule has 0 aromatic heterocycles. The summed E-state index contributed by atoms with van der Waals surface area (Å²) in [4.78, 5) is 4.70. The van der Waals surface area contributed by atoms with E-state index in [4.69, 9.17) is 9.73 Å². The minimum atomic E-state index is -0.387. The van der Waals surface area contributed by atoms with Gasteiger partial charge in [0.05, 0.1) is 12.1 Å². The number of ether oxygens (including phenoxy) is 1. The van der Waals surface area contributed by atoms with Gasteiger partial charge in [-0.1, -0.05) is 52.8 Å². The van der Waals surface area contributed by atoms with Crippen LogP contribution in [0.2, 0.25) is 0 Å². The molecule has 3 heteroatoms. The third-order valence-corrected chi connectivity index (χ3v) is 4.10. The van der Waals surface area contributed by atoms with Gasteiger partial charge in [-0.15, -0.1) is 0 Å². The number of nitrogens with zero attached hydrogens (tertiary/aromatic N) is 1. The smallest absolute Gasteiger partial charge is 0.216 e. The van der Waals surface area contributed by atoms with Gasteiger partial charge in [-0.25, -0.2) is 4.99 Å². The summed E-state index contributed by atoms with van der Waals surface area (Å²) in [5, 5.41) is 10.4. The van der Waals surface area contributed by atoms with E-state index in [1.807, 2.05) is 18.2 Å². The molecule has 0 spiro atoms. The summed E-state index contributed by atoms with van der Waals surface area (Å²) in [6.45, 7) is 11.1. The molecular formula is C18H27NO2. The van der Waals surface area contributed by atoms with Gasteiger partial charge in [0.2, 0.25) is 5.90 Å². The molecule has 0 radical (unpaired) electrons. The molecule has 3 nitrogen and oxygen atoms in total. The highest BCUT2D eigenvalue weighted by atomic mass is 16.5. The summed E-state index contributed by atoms with van der Waals surface area (Å²) >= 11 is 0. The first-order valence-electron chi connectivity index (χ1n) is 7.76. The fourth-order valence-corrected chi connectivity index (χ4v) is 2.30. The van der Waals surface area contributed by atoms with Crippen LogP contribution in [0.25, 0.3) is 0 Å². The van der Waals surface area contributed by atoms with Crippen molar-refractivity contribution in [2.24, 2.45) is 16.3 Å². The van der Waals surface area contributed by atoms with E-state index in [-0.39, 0.29) is 17.6 Å². The van der Waals surface area contributed by atoms with Crippen molar-refractivity contribution >= 4 is 5.90 Å². The highest BCUT2D eigenvalue weighted by molar-refractivity contribution is 5.96. The molecule has 21 heavy (non-hydrogen) atoms. The average Bonchev–Trinajstić information content (AvgIpc) is 2.88. The third-order valence-electron chi connectivity index (χ3n) is 4.10. The van der Waals surface area contributed by atoms with E-state index in [0.29, 0.717) is 18.9 Å². The molecule has 0 bridgehead atoms. The quantitative estimate of drug-likeness (QED) is 0.922. The van der Waals surface area contributed by atoms with E-state index in [2.05, 4.69) is 40.7 Å². The highest BCUT2D eigenvalue weighted by Crippen LogP contribution is 2.25. The second-order valence-electron chi connectivity index (χ2n) is 7.30. The van der Waals surface area contributed by atoms with Crippen LogP contribution in [0.5, 0.6) is 0 Å². The predicted octanol–water partition coefficient (Wildman–Crippen LogP) is 3.44. The Morgan fingerprint density at radius 1 is 1.29 bits per heavy atom. The summed E-state index contributed by atoms with van der Waals surface area (Å²) < 4.78 is 5.79. The maximum atomic E-state index is 10.4. The SMILES string of the molecule is CC(C)[C@H]1COC(c2ccccc2C[C@@H](O)C(C)(C)C)=N1. The Morgan fingerprint density at radius 3 is 2.52 bits per heavy atom. The van der Waals surface area contributed by atoms with Gasteiger partial charge in [0, 0.05) is 5.56 Å². The molecule has 0 saturated carbocycles. The lowest BCUT2D eigenvalue weighted by Crippen LogP contribution is -2.28. The van der Waals surface area contributed by atoms with E-state index in [0.717, 1.165) is 17.0 Å². The molecule has 2 atom stereocenters. The maximum Gasteiger partial charge on any atom is 0.216 e. The molecule has 116 valence electrons. The van der Waals surface area contributed by atoms with Crippen molar-refractivity contribution in [3.63, 3.8) is 0 Å². The largest absolute Gasteiger partial charge is 0.475 e. The lowest BCUT2D eigenvalue weighted by Gasteiger charge is -2.26. The van der Waals surface area contributed by atoms with E-state index in [1.54, 1.807) is 0 Å². The zero-order valence-corrected chi connectivity index (χ0v) is 13.8. The summed E-state index contributed by atoms with van der Waals surface area (Å²) in [7, 11) is 0. The third kappa shape index (κ3) is 3.85. The van der Waals surface area contributed by atoms with Crippen molar-refractivity contribution in [1.82, 2.24) is 0 Å². The van der Waals surface area contributed by atoms with Crippen molar-refractivity contribution in [1.29, 1.82) is 0 Å². The number of rotatable bonds is 4. The van der Waals surface area contributed by atoms with Gasteiger partial charge >= 0.3 is 0 Å². The maximum absolute atomic E-state index is 10.4. The number of hydrogen-bond donors (Lipinski definition) is 1. The topological polar surface area (TPSA) is 41.8 Å². The summed E-state index contributed by atoms with van der Waals surface area (Å²) in [5.74, 6) is 1.21. The number of aliphatic hydroxyl groups is 1. The lowest BCUT2D eigenvalue weighted by atomic mass is 9.84. The summed E-state index contributed by atoms with van der Waals surface area (Å²) in [6, 6.07) is 8.33. The molecule has 0 fully saturated rings. The van der Waals surface area contributed by atoms with Crippen LogP contribution in [0.4, 0.5) is 0 Å². The van der Waals surface area contributed by atoms with Crippen LogP contribution >= 0.6 is 0 Å². The molecule has 0 unspecified atom stereocenters. The molecule has 1 aromatic rings. The standard InChI is InChI=1S/C18H27NO2/c1-12(2)15-11-21-17(19-15)14-9-7-6-8-13(14)10-16(20)18(3,4)5/h6-9,12,15-16,20H,10-11H2,1-5H3/t15-,16-/m1/s1. The Bertz CT molecular complexity index is 514. The van der Waals surface area contributed by atoms with Gasteiger partial charge in [-0.2, -0.15) is 0 Å². The molecule has 1 aromatic carbocycles. The van der Waals surface area contributed by atoms with Crippen molar-refractivity contribution in [3.8, 4) is 0 Å². The van der Waals surface area contributed by atoms with Crippen LogP contribution in [0.15, 0.2) is 29.3 Å². The molecule has 0 saturated heterocycles. The van der Waals surface area contributed by atoms with Crippen LogP contribution in [0.1, 0.15) is 45.7 Å². The second-order valence-corrected chi connectivity index (χ2v) is 7.30. The average molecular weight is 289 g/mol. The van der Waals surface area contributed by atoms with Gasteiger partial charge < -0.3 is 9.84 Å². The molecule has 0 aliphatic carbocycles. The lowest BCUT2D eigenvalue weighted by molar-refractivity contribution is 0.0635. The molecule has 0 amide bonds. The zero-order valence-electron chi connectivity index (χ0n) is 13.8. The first-order chi connectivity index (χ1) is 9.79. The van der Waals surface area contributed by atoms with Gasteiger partial charge in [0.25, 0.3) is 0 Å². The second kappa shape index (κ2) is 6.18. The minimum Gasteiger partial charge on any atom is -0.475 e. The van der Waals surface area contributed by atoms with Crippen LogP contribution in [-0.2, 0) is 11.2 Å². The van der Waals surface area contributed by atoms with Crippen molar-refractivity contribution in [2.75, 3.05) is 6.61 Å². The molecule has 1 N–H and O–H groups in total. The minimum absolute atomic E-state index is 0.133. The van der Waals surface area contributed by atoms with E-state index < -0.39 is 0 Å². The Kier molecular flexibility index (Phi) is 4.72. The van der Waals surface area contributed by atoms with Crippen molar-refractivity contribution in [2.45, 2.75) is 53.2 Å². The Labute approximate surface area is 128 Å². The Morgan fingerprint density at radius 2 is 1.95 bits per heavy atom. The first-order valence-corrected chi connectivity index (χ1v) is 7.76. The monoisotopic (exact) mass is 289 g/mol. The summed E-state index contributed by atoms with van der Waals surface area (Å²) in [5.41, 5.74) is 1.98. The molecule has 2 rings (SSSR count). The van der Waals surface area contributed by atoms with Crippen LogP contribution < -0.4 is 0 Å². The predicted molar refractivity (Wildman–Crippen MR) is 86.7 cm³/mol. The summed E-state index contributed by atoms with van der Waals surface area (Å²) in [6.07, 6.45) is 0.232. The zero-order chi connectivity index (χ0) is 15.6. The molecule has 1 heterocycles. The number of hydrogen-bond acceptors (Lipinski definition) is 3. The van der Waals surface area contributed by atoms with E-state index >= 15 is 0 Å². The van der Waals surface area contributed by atoms with Crippen molar-refractivity contribution < 1.29 is 9.84 Å². The highest BCUT2D eigenvalue weighted by Gasteiger charge is 2.27. The number of aliphatic imine (C=N–C) groups is 1. The Balaban J connectivity index is 2.24. The van der Waals surface area contributed by atoms with E-state index in [1.165, 1.54) is 0 Å². The normalized spacial score (nSPS) is 20.3. The van der Waals surface area contributed by atoms with Gasteiger partial charge in [0.15, 0.2) is 0 Å². The number of benzene rings is 1. The molecular weight excluding hydrogens is 262 g/mol.